The molecule has 3 nitrogen and oxygen atoms in total. The third-order valence-electron chi connectivity index (χ3n) is 7.27. The Balaban J connectivity index is 1.50. The number of benzene rings is 5. The van der Waals surface area contributed by atoms with Gasteiger partial charge in [-0.05, 0) is 41.5 Å². The standard InChI is InChI=1S/C35H21NO2/c1-3-11-22(12-4-1)24-19-28(23-13-5-2-6-14-23)36-29(20-24)27-21-32-33(25-15-7-9-17-30(25)37-32)34-26-16-8-10-18-31(26)38-35(27)34/h1-21H. The molecule has 0 atom stereocenters. The predicted molar refractivity (Wildman–Crippen MR) is 155 cm³/mol. The summed E-state index contributed by atoms with van der Waals surface area (Å²) in [7, 11) is 0. The van der Waals surface area contributed by atoms with Gasteiger partial charge in [-0.2, -0.15) is 0 Å². The minimum Gasteiger partial charge on any atom is -0.456 e. The molecular formula is C35H21NO2. The van der Waals surface area contributed by atoms with E-state index < -0.39 is 0 Å². The van der Waals surface area contributed by atoms with Gasteiger partial charge in [-0.3, -0.25) is 0 Å². The molecule has 0 radical (unpaired) electrons. The molecule has 178 valence electrons. The SMILES string of the molecule is c1ccc(-c2cc(-c3ccccc3)nc(-c3cc4oc5ccccc5c4c4c3oc3ccccc34)c2)cc1. The first-order valence-corrected chi connectivity index (χ1v) is 12.7. The summed E-state index contributed by atoms with van der Waals surface area (Å²) in [5, 5.41) is 4.29. The minimum absolute atomic E-state index is 0.821. The number of nitrogens with zero attached hydrogens (tertiary/aromatic N) is 1. The van der Waals surface area contributed by atoms with E-state index in [9.17, 15) is 0 Å². The first kappa shape index (κ1) is 21.0. The summed E-state index contributed by atoms with van der Waals surface area (Å²) in [5.74, 6) is 0. The molecule has 8 aromatic rings. The van der Waals surface area contributed by atoms with E-state index in [1.165, 1.54) is 0 Å². The zero-order chi connectivity index (χ0) is 25.1. The van der Waals surface area contributed by atoms with E-state index in [0.29, 0.717) is 0 Å². The quantitative estimate of drug-likeness (QED) is 0.249. The van der Waals surface area contributed by atoms with Crippen molar-refractivity contribution in [2.45, 2.75) is 0 Å². The molecule has 0 bridgehead atoms. The van der Waals surface area contributed by atoms with Crippen molar-refractivity contribution in [1.82, 2.24) is 4.98 Å². The van der Waals surface area contributed by atoms with Gasteiger partial charge in [-0.15, -0.1) is 0 Å². The Hall–Kier alpha value is -5.15. The molecule has 0 aliphatic carbocycles. The zero-order valence-electron chi connectivity index (χ0n) is 20.4. The van der Waals surface area contributed by atoms with Crippen molar-refractivity contribution in [3.8, 4) is 33.6 Å². The van der Waals surface area contributed by atoms with E-state index >= 15 is 0 Å². The Morgan fingerprint density at radius 1 is 0.421 bits per heavy atom. The van der Waals surface area contributed by atoms with Crippen LogP contribution in [0.5, 0.6) is 0 Å². The Morgan fingerprint density at radius 3 is 1.74 bits per heavy atom. The number of fused-ring (bicyclic) bond motifs is 7. The fourth-order valence-corrected chi connectivity index (χ4v) is 5.52. The number of furan rings is 2. The monoisotopic (exact) mass is 487 g/mol. The Labute approximate surface area is 218 Å². The summed E-state index contributed by atoms with van der Waals surface area (Å²) in [5.41, 5.74) is 9.34. The van der Waals surface area contributed by atoms with Gasteiger partial charge in [0.2, 0.25) is 0 Å². The molecule has 3 aromatic heterocycles. The van der Waals surface area contributed by atoms with E-state index in [0.717, 1.165) is 77.5 Å². The van der Waals surface area contributed by atoms with Crippen LogP contribution in [0.15, 0.2) is 136 Å². The second-order valence-corrected chi connectivity index (χ2v) is 9.56. The molecular weight excluding hydrogens is 466 g/mol. The molecule has 0 saturated carbocycles. The topological polar surface area (TPSA) is 39.2 Å². The lowest BCUT2D eigenvalue weighted by Crippen LogP contribution is -1.92. The first-order chi connectivity index (χ1) is 18.8. The van der Waals surface area contributed by atoms with E-state index in [2.05, 4.69) is 78.9 Å². The van der Waals surface area contributed by atoms with E-state index in [4.69, 9.17) is 13.8 Å². The average molecular weight is 488 g/mol. The summed E-state index contributed by atoms with van der Waals surface area (Å²) in [6.07, 6.45) is 0. The molecule has 38 heavy (non-hydrogen) atoms. The molecule has 0 aliphatic heterocycles. The summed E-state index contributed by atoms with van der Waals surface area (Å²) < 4.78 is 13.0. The normalized spacial score (nSPS) is 11.7. The average Bonchev–Trinajstić information content (AvgIpc) is 3.55. The molecule has 0 aliphatic rings. The molecule has 3 heterocycles. The van der Waals surface area contributed by atoms with Crippen LogP contribution < -0.4 is 0 Å². The largest absolute Gasteiger partial charge is 0.456 e. The molecule has 0 unspecified atom stereocenters. The van der Waals surface area contributed by atoms with E-state index in [1.54, 1.807) is 0 Å². The van der Waals surface area contributed by atoms with Crippen molar-refractivity contribution in [2.75, 3.05) is 0 Å². The fourth-order valence-electron chi connectivity index (χ4n) is 5.52. The lowest BCUT2D eigenvalue weighted by atomic mass is 9.97. The highest BCUT2D eigenvalue weighted by Gasteiger charge is 2.21. The van der Waals surface area contributed by atoms with Gasteiger partial charge in [0, 0.05) is 32.7 Å². The van der Waals surface area contributed by atoms with Gasteiger partial charge in [-0.25, -0.2) is 4.98 Å². The number of pyridine rings is 1. The second-order valence-electron chi connectivity index (χ2n) is 9.56. The van der Waals surface area contributed by atoms with Crippen LogP contribution in [0.25, 0.3) is 77.5 Å². The number of para-hydroxylation sites is 2. The second kappa shape index (κ2) is 8.19. The highest BCUT2D eigenvalue weighted by atomic mass is 16.3. The van der Waals surface area contributed by atoms with Crippen LogP contribution in [-0.4, -0.2) is 4.98 Å². The summed E-state index contributed by atoms with van der Waals surface area (Å²) in [4.78, 5) is 5.18. The van der Waals surface area contributed by atoms with Crippen LogP contribution in [0.2, 0.25) is 0 Å². The summed E-state index contributed by atoms with van der Waals surface area (Å²) in [6.45, 7) is 0. The van der Waals surface area contributed by atoms with Gasteiger partial charge in [0.25, 0.3) is 0 Å². The molecule has 8 rings (SSSR count). The maximum Gasteiger partial charge on any atom is 0.145 e. The van der Waals surface area contributed by atoms with Gasteiger partial charge >= 0.3 is 0 Å². The molecule has 0 amide bonds. The number of aromatic nitrogens is 1. The van der Waals surface area contributed by atoms with Crippen LogP contribution in [0.4, 0.5) is 0 Å². The maximum atomic E-state index is 6.57. The van der Waals surface area contributed by atoms with Crippen molar-refractivity contribution in [2.24, 2.45) is 0 Å². The van der Waals surface area contributed by atoms with Crippen LogP contribution >= 0.6 is 0 Å². The lowest BCUT2D eigenvalue weighted by Gasteiger charge is -2.11. The molecule has 0 fully saturated rings. The van der Waals surface area contributed by atoms with Gasteiger partial charge < -0.3 is 8.83 Å². The summed E-state index contributed by atoms with van der Waals surface area (Å²) >= 11 is 0. The van der Waals surface area contributed by atoms with Crippen LogP contribution in [0, 0.1) is 0 Å². The van der Waals surface area contributed by atoms with Crippen molar-refractivity contribution in [1.29, 1.82) is 0 Å². The Kier molecular flexibility index (Phi) is 4.52. The molecule has 0 N–H and O–H groups in total. The first-order valence-electron chi connectivity index (χ1n) is 12.7. The number of rotatable bonds is 3. The van der Waals surface area contributed by atoms with E-state index in [-0.39, 0.29) is 0 Å². The van der Waals surface area contributed by atoms with Gasteiger partial charge in [0.05, 0.1) is 11.4 Å². The highest BCUT2D eigenvalue weighted by molar-refractivity contribution is 6.28. The highest BCUT2D eigenvalue weighted by Crippen LogP contribution is 2.44. The van der Waals surface area contributed by atoms with Gasteiger partial charge in [0.1, 0.15) is 22.3 Å². The smallest absolute Gasteiger partial charge is 0.145 e. The van der Waals surface area contributed by atoms with Gasteiger partial charge in [-0.1, -0.05) is 97.1 Å². The van der Waals surface area contributed by atoms with Crippen molar-refractivity contribution >= 4 is 43.9 Å². The van der Waals surface area contributed by atoms with Gasteiger partial charge in [0.15, 0.2) is 0 Å². The van der Waals surface area contributed by atoms with E-state index in [1.807, 2.05) is 48.5 Å². The van der Waals surface area contributed by atoms with Crippen molar-refractivity contribution in [3.05, 3.63) is 127 Å². The summed E-state index contributed by atoms with van der Waals surface area (Å²) in [6, 6.07) is 43.5. The molecule has 3 heteroatoms. The minimum atomic E-state index is 0.821. The Morgan fingerprint density at radius 2 is 1.00 bits per heavy atom. The fraction of sp³-hybridized carbons (Fsp3) is 0. The van der Waals surface area contributed by atoms with Crippen LogP contribution in [0.1, 0.15) is 0 Å². The number of hydrogen-bond acceptors (Lipinski definition) is 3. The number of hydrogen-bond donors (Lipinski definition) is 0. The predicted octanol–water partition coefficient (Wildman–Crippen LogP) is 9.88. The van der Waals surface area contributed by atoms with Crippen molar-refractivity contribution in [3.63, 3.8) is 0 Å². The van der Waals surface area contributed by atoms with Crippen molar-refractivity contribution < 1.29 is 8.83 Å². The van der Waals surface area contributed by atoms with Crippen LogP contribution in [0.3, 0.4) is 0 Å². The Bertz CT molecular complexity index is 2060. The maximum absolute atomic E-state index is 6.57. The molecule has 5 aromatic carbocycles. The lowest BCUT2D eigenvalue weighted by molar-refractivity contribution is 0.663. The molecule has 0 saturated heterocycles. The van der Waals surface area contributed by atoms with Crippen LogP contribution in [-0.2, 0) is 0 Å². The molecule has 0 spiro atoms. The third-order valence-corrected chi connectivity index (χ3v) is 7.27. The third kappa shape index (κ3) is 3.19. The zero-order valence-corrected chi connectivity index (χ0v) is 20.4.